The van der Waals surface area contributed by atoms with Gasteiger partial charge in [0.1, 0.15) is 5.75 Å². The number of halogens is 1. The van der Waals surface area contributed by atoms with Crippen LogP contribution in [0.2, 0.25) is 5.02 Å². The van der Waals surface area contributed by atoms with Gasteiger partial charge in [0.05, 0.1) is 32.2 Å². The minimum Gasteiger partial charge on any atom is -0.495 e. The molecule has 10 heteroatoms. The minimum atomic E-state index is -0.160. The molecule has 0 aliphatic carbocycles. The molecule has 0 radical (unpaired) electrons. The van der Waals surface area contributed by atoms with Crippen LogP contribution in [0.25, 0.3) is 0 Å². The van der Waals surface area contributed by atoms with Crippen LogP contribution < -0.4 is 20.2 Å². The van der Waals surface area contributed by atoms with Crippen LogP contribution in [0.3, 0.4) is 0 Å². The second-order valence-corrected chi connectivity index (χ2v) is 8.36. The van der Waals surface area contributed by atoms with Crippen molar-refractivity contribution in [2.24, 2.45) is 4.99 Å². The second-order valence-electron chi connectivity index (χ2n) is 7.09. The molecule has 0 aliphatic heterocycles. The first-order valence-corrected chi connectivity index (χ1v) is 11.9. The zero-order valence-corrected chi connectivity index (χ0v) is 20.3. The molecule has 0 bridgehead atoms. The van der Waals surface area contributed by atoms with Crippen molar-refractivity contribution in [2.75, 3.05) is 20.2 Å². The molecule has 2 heterocycles. The van der Waals surface area contributed by atoms with Gasteiger partial charge in [0.25, 0.3) is 0 Å². The first kappa shape index (κ1) is 24.8. The molecule has 2 aromatic heterocycles. The number of pyridine rings is 1. The molecule has 176 valence electrons. The van der Waals surface area contributed by atoms with Crippen molar-refractivity contribution in [2.45, 2.75) is 33.1 Å². The molecule has 0 fully saturated rings. The highest BCUT2D eigenvalue weighted by molar-refractivity contribution is 7.07. The van der Waals surface area contributed by atoms with E-state index in [1.807, 2.05) is 48.7 Å². The first-order valence-electron chi connectivity index (χ1n) is 10.6. The standard InChI is InChI=1S/C23H28ClN5O3S/c1-3-25-22(30)26-11-4-12-29-19(15-32-14-17-5-7-18(24)8-6-17)16-33-23(29)28-21-10-9-20(31-2)13-27-21/h5-10,13,16H,3-4,11-12,14-15H2,1-2H3,(H2,25,26,30)/b28-23-. The molecule has 0 unspecified atom stereocenters. The second kappa shape index (κ2) is 13.0. The Balaban J connectivity index is 1.71. The molecule has 8 nitrogen and oxygen atoms in total. The zero-order chi connectivity index (χ0) is 23.5. The number of benzene rings is 1. The van der Waals surface area contributed by atoms with Gasteiger partial charge in [-0.3, -0.25) is 0 Å². The van der Waals surface area contributed by atoms with Crippen molar-refractivity contribution in [1.82, 2.24) is 20.2 Å². The number of carbonyl (C=O) groups excluding carboxylic acids is 1. The summed E-state index contributed by atoms with van der Waals surface area (Å²) in [7, 11) is 1.60. The predicted molar refractivity (Wildman–Crippen MR) is 130 cm³/mol. The normalized spacial score (nSPS) is 11.4. The van der Waals surface area contributed by atoms with Crippen molar-refractivity contribution < 1.29 is 14.3 Å². The highest BCUT2D eigenvalue weighted by atomic mass is 35.5. The van der Waals surface area contributed by atoms with Gasteiger partial charge < -0.3 is 24.7 Å². The summed E-state index contributed by atoms with van der Waals surface area (Å²) in [6.07, 6.45) is 2.39. The molecule has 33 heavy (non-hydrogen) atoms. The van der Waals surface area contributed by atoms with Crippen LogP contribution in [0, 0.1) is 0 Å². The van der Waals surface area contributed by atoms with Crippen molar-refractivity contribution in [3.63, 3.8) is 0 Å². The smallest absolute Gasteiger partial charge is 0.314 e. The van der Waals surface area contributed by atoms with Gasteiger partial charge in [-0.1, -0.05) is 23.7 Å². The lowest BCUT2D eigenvalue weighted by atomic mass is 10.2. The number of amides is 2. The van der Waals surface area contributed by atoms with E-state index in [1.54, 1.807) is 13.3 Å². The molecule has 3 rings (SSSR count). The highest BCUT2D eigenvalue weighted by Crippen LogP contribution is 2.15. The van der Waals surface area contributed by atoms with Crippen LogP contribution >= 0.6 is 22.9 Å². The number of methoxy groups -OCH3 is 1. The molecule has 0 saturated carbocycles. The number of hydrogen-bond acceptors (Lipinski definition) is 6. The van der Waals surface area contributed by atoms with E-state index in [4.69, 9.17) is 26.1 Å². The summed E-state index contributed by atoms with van der Waals surface area (Å²) in [5.74, 6) is 1.28. The Bertz CT molecular complexity index is 1080. The third-order valence-electron chi connectivity index (χ3n) is 4.66. The van der Waals surface area contributed by atoms with E-state index in [0.29, 0.717) is 49.4 Å². The fraction of sp³-hybridized carbons (Fsp3) is 0.348. The monoisotopic (exact) mass is 489 g/mol. The molecule has 0 saturated heterocycles. The average Bonchev–Trinajstić information content (AvgIpc) is 3.20. The van der Waals surface area contributed by atoms with Gasteiger partial charge in [0, 0.05) is 30.0 Å². The number of aromatic nitrogens is 2. The number of ether oxygens (including phenoxy) is 2. The van der Waals surface area contributed by atoms with Crippen LogP contribution in [-0.2, 0) is 24.5 Å². The molecular weight excluding hydrogens is 462 g/mol. The summed E-state index contributed by atoms with van der Waals surface area (Å²) in [6, 6.07) is 11.1. The topological polar surface area (TPSA) is 89.8 Å². The lowest BCUT2D eigenvalue weighted by Crippen LogP contribution is -2.36. The Kier molecular flexibility index (Phi) is 9.74. The summed E-state index contributed by atoms with van der Waals surface area (Å²) >= 11 is 7.48. The van der Waals surface area contributed by atoms with E-state index < -0.39 is 0 Å². The van der Waals surface area contributed by atoms with E-state index in [9.17, 15) is 4.79 Å². The van der Waals surface area contributed by atoms with E-state index in [0.717, 1.165) is 22.5 Å². The Morgan fingerprint density at radius 1 is 1.18 bits per heavy atom. The third kappa shape index (κ3) is 7.88. The molecule has 0 atom stereocenters. The van der Waals surface area contributed by atoms with Crippen LogP contribution in [0.4, 0.5) is 10.6 Å². The Hall–Kier alpha value is -2.88. The number of hydrogen-bond donors (Lipinski definition) is 2. The van der Waals surface area contributed by atoms with E-state index in [1.165, 1.54) is 11.3 Å². The molecule has 0 aliphatic rings. The van der Waals surface area contributed by atoms with Crippen molar-refractivity contribution in [3.05, 3.63) is 69.1 Å². The van der Waals surface area contributed by atoms with Crippen molar-refractivity contribution >= 4 is 34.8 Å². The average molecular weight is 490 g/mol. The van der Waals surface area contributed by atoms with Gasteiger partial charge in [0.15, 0.2) is 10.6 Å². The van der Waals surface area contributed by atoms with Gasteiger partial charge in [-0.15, -0.1) is 11.3 Å². The number of nitrogens with one attached hydrogen (secondary N) is 2. The summed E-state index contributed by atoms with van der Waals surface area (Å²) in [5.41, 5.74) is 2.07. The van der Waals surface area contributed by atoms with Crippen molar-refractivity contribution in [1.29, 1.82) is 0 Å². The summed E-state index contributed by atoms with van der Waals surface area (Å²) in [4.78, 5) is 21.5. The quantitative estimate of drug-likeness (QED) is 0.394. The summed E-state index contributed by atoms with van der Waals surface area (Å²) in [5, 5.41) is 8.33. The number of carbonyl (C=O) groups is 1. The molecular formula is C23H28ClN5O3S. The minimum absolute atomic E-state index is 0.160. The Labute approximate surface area is 202 Å². The van der Waals surface area contributed by atoms with Gasteiger partial charge in [0.2, 0.25) is 0 Å². The molecule has 0 spiro atoms. The predicted octanol–water partition coefficient (Wildman–Crippen LogP) is 4.27. The lowest BCUT2D eigenvalue weighted by molar-refractivity contribution is 0.102. The maximum absolute atomic E-state index is 11.6. The molecule has 1 aromatic carbocycles. The van der Waals surface area contributed by atoms with E-state index >= 15 is 0 Å². The SMILES string of the molecule is CCNC(=O)NCCCn1c(COCc2ccc(Cl)cc2)cs/c1=N\c1ccc(OC)cn1. The maximum atomic E-state index is 11.6. The van der Waals surface area contributed by atoms with Crippen LogP contribution in [-0.4, -0.2) is 35.8 Å². The van der Waals surface area contributed by atoms with Gasteiger partial charge >= 0.3 is 6.03 Å². The number of rotatable bonds is 11. The zero-order valence-electron chi connectivity index (χ0n) is 18.7. The van der Waals surface area contributed by atoms with Gasteiger partial charge in [-0.25, -0.2) is 14.8 Å². The van der Waals surface area contributed by atoms with Crippen LogP contribution in [0.15, 0.2) is 53.0 Å². The largest absolute Gasteiger partial charge is 0.495 e. The fourth-order valence-electron chi connectivity index (χ4n) is 2.98. The first-order chi connectivity index (χ1) is 16.1. The molecule has 2 N–H and O–H groups in total. The number of thiazole rings is 1. The van der Waals surface area contributed by atoms with E-state index in [2.05, 4.69) is 20.2 Å². The summed E-state index contributed by atoms with van der Waals surface area (Å²) in [6.45, 7) is 4.65. The van der Waals surface area contributed by atoms with Crippen LogP contribution in [0.1, 0.15) is 24.6 Å². The Morgan fingerprint density at radius 2 is 2.00 bits per heavy atom. The maximum Gasteiger partial charge on any atom is 0.314 e. The number of urea groups is 1. The Morgan fingerprint density at radius 3 is 2.70 bits per heavy atom. The lowest BCUT2D eigenvalue weighted by Gasteiger charge is -2.11. The number of nitrogens with zero attached hydrogens (tertiary/aromatic N) is 3. The van der Waals surface area contributed by atoms with Gasteiger partial charge in [-0.2, -0.15) is 0 Å². The van der Waals surface area contributed by atoms with Crippen molar-refractivity contribution in [3.8, 4) is 5.75 Å². The third-order valence-corrected chi connectivity index (χ3v) is 5.82. The summed E-state index contributed by atoms with van der Waals surface area (Å²) < 4.78 is 13.2. The van der Waals surface area contributed by atoms with E-state index in [-0.39, 0.29) is 6.03 Å². The molecule has 3 aromatic rings. The highest BCUT2D eigenvalue weighted by Gasteiger charge is 2.08. The fourth-order valence-corrected chi connectivity index (χ4v) is 4.03. The molecule has 2 amide bonds. The van der Waals surface area contributed by atoms with Crippen LogP contribution in [0.5, 0.6) is 5.75 Å². The van der Waals surface area contributed by atoms with Gasteiger partial charge in [-0.05, 0) is 43.2 Å².